The van der Waals surface area contributed by atoms with Crippen molar-refractivity contribution < 1.29 is 5.11 Å². The molecule has 1 N–H and O–H groups in total. The zero-order valence-corrected chi connectivity index (χ0v) is 8.96. The first kappa shape index (κ1) is 11.9. The Hall–Kier alpha value is -0.120. The van der Waals surface area contributed by atoms with Crippen molar-refractivity contribution in [1.29, 1.82) is 0 Å². The molecule has 0 aromatic rings. The predicted octanol–water partition coefficient (Wildman–Crippen LogP) is 0.251. The molecule has 0 bridgehead atoms. The first-order chi connectivity index (χ1) is 5.40. The molecule has 0 spiro atoms. The smallest absolute Gasteiger partial charge is 0.0609 e. The molecule has 12 heavy (non-hydrogen) atoms. The van der Waals surface area contributed by atoms with Crippen molar-refractivity contribution in [2.24, 2.45) is 0 Å². The van der Waals surface area contributed by atoms with Gasteiger partial charge in [-0.15, -0.1) is 0 Å². The highest BCUT2D eigenvalue weighted by molar-refractivity contribution is 4.78. The topological polar surface area (TPSA) is 26.7 Å². The molecule has 0 saturated carbocycles. The van der Waals surface area contributed by atoms with E-state index in [-0.39, 0.29) is 12.1 Å². The molecule has 0 unspecified atom stereocenters. The summed E-state index contributed by atoms with van der Waals surface area (Å²) in [6.45, 7) is 6.31. The fourth-order valence-corrected chi connectivity index (χ4v) is 0.773. The summed E-state index contributed by atoms with van der Waals surface area (Å²) in [6, 6.07) is 0. The second kappa shape index (κ2) is 4.80. The number of likely N-dealkylation sites (N-methyl/N-ethyl adjacent to an activating group) is 2. The molecular weight excluding hydrogens is 152 g/mol. The molecule has 0 aliphatic carbocycles. The molecule has 74 valence electrons. The van der Waals surface area contributed by atoms with Crippen LogP contribution in [0.25, 0.3) is 0 Å². The second-order valence-electron chi connectivity index (χ2n) is 4.20. The van der Waals surface area contributed by atoms with Gasteiger partial charge in [0.05, 0.1) is 6.61 Å². The molecule has 0 radical (unpaired) electrons. The van der Waals surface area contributed by atoms with Gasteiger partial charge in [-0.25, -0.2) is 0 Å². The van der Waals surface area contributed by atoms with E-state index in [1.807, 2.05) is 20.9 Å². The Balaban J connectivity index is 3.78. The summed E-state index contributed by atoms with van der Waals surface area (Å²) in [5, 5.41) is 9.07. The third kappa shape index (κ3) is 4.04. The van der Waals surface area contributed by atoms with E-state index in [0.717, 1.165) is 13.1 Å². The molecule has 0 aromatic carbocycles. The monoisotopic (exact) mass is 174 g/mol. The highest BCUT2D eigenvalue weighted by Crippen LogP contribution is 2.09. The molecule has 3 heteroatoms. The van der Waals surface area contributed by atoms with Crippen LogP contribution in [0.1, 0.15) is 13.8 Å². The van der Waals surface area contributed by atoms with Gasteiger partial charge in [-0.3, -0.25) is 4.90 Å². The first-order valence-electron chi connectivity index (χ1n) is 4.37. The van der Waals surface area contributed by atoms with Crippen LogP contribution in [-0.2, 0) is 0 Å². The van der Waals surface area contributed by atoms with Gasteiger partial charge in [0.15, 0.2) is 0 Å². The highest BCUT2D eigenvalue weighted by atomic mass is 16.3. The lowest BCUT2D eigenvalue weighted by Gasteiger charge is -2.34. The van der Waals surface area contributed by atoms with E-state index in [0.29, 0.717) is 0 Å². The largest absolute Gasteiger partial charge is 0.394 e. The van der Waals surface area contributed by atoms with Gasteiger partial charge >= 0.3 is 0 Å². The van der Waals surface area contributed by atoms with Gasteiger partial charge in [-0.05, 0) is 35.0 Å². The highest BCUT2D eigenvalue weighted by Gasteiger charge is 2.21. The van der Waals surface area contributed by atoms with E-state index < -0.39 is 0 Å². The van der Waals surface area contributed by atoms with E-state index in [4.69, 9.17) is 5.11 Å². The lowest BCUT2D eigenvalue weighted by atomic mass is 10.1. The number of nitrogens with zero attached hydrogens (tertiary/aromatic N) is 2. The van der Waals surface area contributed by atoms with E-state index in [9.17, 15) is 0 Å². The molecule has 0 heterocycles. The normalized spacial score (nSPS) is 13.0. The van der Waals surface area contributed by atoms with Crippen LogP contribution in [0.5, 0.6) is 0 Å². The van der Waals surface area contributed by atoms with Crippen LogP contribution in [0.15, 0.2) is 0 Å². The Morgan fingerprint density at radius 3 is 1.92 bits per heavy atom. The van der Waals surface area contributed by atoms with Crippen LogP contribution < -0.4 is 0 Å². The Kier molecular flexibility index (Phi) is 4.75. The standard InChI is InChI=1S/C9H22N2O/c1-9(2,8-12)11(5)7-6-10(3)4/h12H,6-8H2,1-5H3. The maximum Gasteiger partial charge on any atom is 0.0609 e. The zero-order valence-electron chi connectivity index (χ0n) is 8.96. The van der Waals surface area contributed by atoms with Gasteiger partial charge in [0, 0.05) is 18.6 Å². The molecule has 0 saturated heterocycles. The van der Waals surface area contributed by atoms with E-state index >= 15 is 0 Å². The van der Waals surface area contributed by atoms with Crippen molar-refractivity contribution in [3.63, 3.8) is 0 Å². The van der Waals surface area contributed by atoms with Gasteiger partial charge in [0.25, 0.3) is 0 Å². The molecule has 0 aliphatic heterocycles. The van der Waals surface area contributed by atoms with E-state index in [1.54, 1.807) is 0 Å². The summed E-state index contributed by atoms with van der Waals surface area (Å²) in [5.41, 5.74) is -0.101. The summed E-state index contributed by atoms with van der Waals surface area (Å²) < 4.78 is 0. The van der Waals surface area contributed by atoms with Crippen LogP contribution in [0.4, 0.5) is 0 Å². The summed E-state index contributed by atoms with van der Waals surface area (Å²) in [5.74, 6) is 0. The first-order valence-corrected chi connectivity index (χ1v) is 4.37. The number of aliphatic hydroxyl groups is 1. The maximum atomic E-state index is 9.07. The van der Waals surface area contributed by atoms with Crippen molar-refractivity contribution >= 4 is 0 Å². The van der Waals surface area contributed by atoms with Gasteiger partial charge in [-0.1, -0.05) is 0 Å². The zero-order chi connectivity index (χ0) is 9.78. The van der Waals surface area contributed by atoms with Gasteiger partial charge < -0.3 is 10.0 Å². The molecule has 0 aromatic heterocycles. The third-order valence-electron chi connectivity index (χ3n) is 2.30. The molecule has 0 fully saturated rings. The molecule has 0 rings (SSSR count). The molecule has 0 aliphatic rings. The summed E-state index contributed by atoms with van der Waals surface area (Å²) >= 11 is 0. The number of aliphatic hydroxyl groups excluding tert-OH is 1. The van der Waals surface area contributed by atoms with Gasteiger partial charge in [0.2, 0.25) is 0 Å². The van der Waals surface area contributed by atoms with Crippen molar-refractivity contribution in [3.8, 4) is 0 Å². The van der Waals surface area contributed by atoms with Crippen LogP contribution in [0.3, 0.4) is 0 Å². The summed E-state index contributed by atoms with van der Waals surface area (Å²) in [6.07, 6.45) is 0. The minimum absolute atomic E-state index is 0.101. The summed E-state index contributed by atoms with van der Waals surface area (Å²) in [4.78, 5) is 4.32. The quantitative estimate of drug-likeness (QED) is 0.647. The Labute approximate surface area is 76.0 Å². The predicted molar refractivity (Wildman–Crippen MR) is 52.3 cm³/mol. The minimum Gasteiger partial charge on any atom is -0.394 e. The van der Waals surface area contributed by atoms with Crippen LogP contribution >= 0.6 is 0 Å². The fourth-order valence-electron chi connectivity index (χ4n) is 0.773. The Bertz CT molecular complexity index is 124. The lowest BCUT2D eigenvalue weighted by Crippen LogP contribution is -2.46. The van der Waals surface area contributed by atoms with Crippen LogP contribution in [0, 0.1) is 0 Å². The average Bonchev–Trinajstić information content (AvgIpc) is 2.00. The van der Waals surface area contributed by atoms with Crippen molar-refractivity contribution in [2.45, 2.75) is 19.4 Å². The van der Waals surface area contributed by atoms with E-state index in [1.165, 1.54) is 0 Å². The lowest BCUT2D eigenvalue weighted by molar-refractivity contribution is 0.0740. The number of hydrogen-bond donors (Lipinski definition) is 1. The third-order valence-corrected chi connectivity index (χ3v) is 2.30. The maximum absolute atomic E-state index is 9.07. The van der Waals surface area contributed by atoms with Crippen molar-refractivity contribution in [3.05, 3.63) is 0 Å². The van der Waals surface area contributed by atoms with Gasteiger partial charge in [0.1, 0.15) is 0 Å². The molecular formula is C9H22N2O. The molecule has 3 nitrogen and oxygen atoms in total. The minimum atomic E-state index is -0.101. The van der Waals surface area contributed by atoms with Crippen LogP contribution in [0.2, 0.25) is 0 Å². The van der Waals surface area contributed by atoms with Crippen molar-refractivity contribution in [2.75, 3.05) is 40.8 Å². The summed E-state index contributed by atoms with van der Waals surface area (Å²) in [7, 11) is 6.15. The average molecular weight is 174 g/mol. The second-order valence-corrected chi connectivity index (χ2v) is 4.20. The van der Waals surface area contributed by atoms with Crippen LogP contribution in [-0.4, -0.2) is 61.3 Å². The Morgan fingerprint density at radius 1 is 1.08 bits per heavy atom. The van der Waals surface area contributed by atoms with Gasteiger partial charge in [-0.2, -0.15) is 0 Å². The number of hydrogen-bond acceptors (Lipinski definition) is 3. The number of rotatable bonds is 5. The SMILES string of the molecule is CN(C)CCN(C)C(C)(C)CO. The van der Waals surface area contributed by atoms with E-state index in [2.05, 4.69) is 23.9 Å². The molecule has 0 atom stereocenters. The van der Waals surface area contributed by atoms with Crippen molar-refractivity contribution in [1.82, 2.24) is 9.80 Å². The Morgan fingerprint density at radius 2 is 1.58 bits per heavy atom. The molecule has 0 amide bonds. The fraction of sp³-hybridized carbons (Fsp3) is 1.00.